The van der Waals surface area contributed by atoms with Crippen LogP contribution in [0.4, 0.5) is 11.4 Å². The molecule has 0 unspecified atom stereocenters. The quantitative estimate of drug-likeness (QED) is 0.732. The molecule has 1 aromatic rings. The number of nitrogens with one attached hydrogen (secondary N) is 1. The highest BCUT2D eigenvalue weighted by Crippen LogP contribution is 2.19. The summed E-state index contributed by atoms with van der Waals surface area (Å²) in [5.41, 5.74) is 5.95. The highest BCUT2D eigenvalue weighted by molar-refractivity contribution is 7.95. The van der Waals surface area contributed by atoms with Crippen LogP contribution in [-0.2, 0) is 19.9 Å². The first-order chi connectivity index (χ1) is 8.63. The lowest BCUT2D eigenvalue weighted by Gasteiger charge is -2.09. The Morgan fingerprint density at radius 3 is 2.42 bits per heavy atom. The molecule has 0 saturated carbocycles. The van der Waals surface area contributed by atoms with Gasteiger partial charge in [0.1, 0.15) is 15.9 Å². The van der Waals surface area contributed by atoms with Gasteiger partial charge >= 0.3 is 0 Å². The second-order valence-electron chi connectivity index (χ2n) is 3.97. The van der Waals surface area contributed by atoms with E-state index >= 15 is 0 Å². The van der Waals surface area contributed by atoms with Crippen molar-refractivity contribution in [2.24, 2.45) is 0 Å². The van der Waals surface area contributed by atoms with E-state index in [4.69, 9.17) is 11.0 Å². The second-order valence-corrected chi connectivity index (χ2v) is 8.07. The maximum atomic E-state index is 11.7. The van der Waals surface area contributed by atoms with Gasteiger partial charge in [-0.1, -0.05) is 0 Å². The Balaban J connectivity index is 2.94. The minimum atomic E-state index is -3.83. The summed E-state index contributed by atoms with van der Waals surface area (Å²) in [5.74, 6) is -1.06. The fourth-order valence-corrected chi connectivity index (χ4v) is 3.93. The molecule has 0 radical (unpaired) electrons. The third-order valence-electron chi connectivity index (χ3n) is 2.15. The van der Waals surface area contributed by atoms with Crippen LogP contribution in [0.5, 0.6) is 0 Å². The van der Waals surface area contributed by atoms with Gasteiger partial charge in [0, 0.05) is 11.9 Å². The Morgan fingerprint density at radius 2 is 1.89 bits per heavy atom. The predicted octanol–water partition coefficient (Wildman–Crippen LogP) is -0.0732. The van der Waals surface area contributed by atoms with Gasteiger partial charge in [-0.05, 0) is 18.2 Å². The van der Waals surface area contributed by atoms with Crippen molar-refractivity contribution in [2.75, 3.05) is 28.2 Å². The van der Waals surface area contributed by atoms with Crippen LogP contribution in [0.25, 0.3) is 0 Å². The van der Waals surface area contributed by atoms with Crippen LogP contribution in [0.3, 0.4) is 0 Å². The lowest BCUT2D eigenvalue weighted by Crippen LogP contribution is -2.22. The van der Waals surface area contributed by atoms with Gasteiger partial charge in [0.15, 0.2) is 0 Å². The fraction of sp³-hybridized carbons (Fsp3) is 0.300. The van der Waals surface area contributed by atoms with E-state index in [2.05, 4.69) is 4.72 Å². The van der Waals surface area contributed by atoms with Crippen molar-refractivity contribution in [1.29, 1.82) is 5.26 Å². The van der Waals surface area contributed by atoms with Gasteiger partial charge < -0.3 is 5.73 Å². The summed E-state index contributed by atoms with van der Waals surface area (Å²) >= 11 is 0. The van der Waals surface area contributed by atoms with Crippen LogP contribution in [0.2, 0.25) is 0 Å². The normalized spacial score (nSPS) is 11.8. The van der Waals surface area contributed by atoms with E-state index in [0.29, 0.717) is 5.69 Å². The molecule has 9 heteroatoms. The van der Waals surface area contributed by atoms with E-state index < -0.39 is 31.4 Å². The lowest BCUT2D eigenvalue weighted by atomic mass is 10.2. The number of anilines is 2. The average Bonchev–Trinajstić information content (AvgIpc) is 2.28. The first-order valence-corrected chi connectivity index (χ1v) is 8.82. The summed E-state index contributed by atoms with van der Waals surface area (Å²) in [4.78, 5) is 0. The minimum Gasteiger partial charge on any atom is -0.399 e. The molecule has 1 aromatic carbocycles. The van der Waals surface area contributed by atoms with Crippen LogP contribution in [0.1, 0.15) is 5.56 Å². The molecule has 19 heavy (non-hydrogen) atoms. The first-order valence-electron chi connectivity index (χ1n) is 5.11. The molecule has 0 atom stereocenters. The number of rotatable bonds is 5. The molecule has 104 valence electrons. The molecule has 0 spiro atoms. The van der Waals surface area contributed by atoms with Gasteiger partial charge in [0.25, 0.3) is 0 Å². The Labute approximate surface area is 112 Å². The number of hydrogen-bond donors (Lipinski definition) is 2. The number of hydrogen-bond acceptors (Lipinski definition) is 6. The lowest BCUT2D eigenvalue weighted by molar-refractivity contribution is 0.593. The molecule has 7 nitrogen and oxygen atoms in total. The number of nitrogen functional groups attached to an aromatic ring is 1. The standard InChI is InChI=1S/C10H13N3O4S2/c1-18(14,15)4-5-19(16,17)13-10-3-2-9(12)6-8(10)7-11/h2-3,6,13H,4-5,12H2,1H3. The van der Waals surface area contributed by atoms with Crippen molar-refractivity contribution in [3.05, 3.63) is 23.8 Å². The molecule has 0 fully saturated rings. The molecule has 0 aliphatic carbocycles. The van der Waals surface area contributed by atoms with Gasteiger partial charge in [0.05, 0.1) is 22.8 Å². The van der Waals surface area contributed by atoms with Crippen molar-refractivity contribution in [2.45, 2.75) is 0 Å². The monoisotopic (exact) mass is 303 g/mol. The van der Waals surface area contributed by atoms with E-state index in [1.807, 2.05) is 0 Å². The number of sulfonamides is 1. The predicted molar refractivity (Wildman–Crippen MR) is 72.7 cm³/mol. The zero-order chi connectivity index (χ0) is 14.7. The van der Waals surface area contributed by atoms with Gasteiger partial charge in [-0.3, -0.25) is 4.72 Å². The molecule has 0 amide bonds. The van der Waals surface area contributed by atoms with Crippen molar-refractivity contribution in [1.82, 2.24) is 0 Å². The highest BCUT2D eigenvalue weighted by atomic mass is 32.2. The molecular weight excluding hydrogens is 290 g/mol. The van der Waals surface area contributed by atoms with Gasteiger partial charge in [0.2, 0.25) is 10.0 Å². The summed E-state index contributed by atoms with van der Waals surface area (Å²) in [7, 11) is -7.21. The zero-order valence-electron chi connectivity index (χ0n) is 10.1. The molecule has 3 N–H and O–H groups in total. The largest absolute Gasteiger partial charge is 0.399 e. The fourth-order valence-electron chi connectivity index (χ4n) is 1.22. The first kappa shape index (κ1) is 15.3. The maximum absolute atomic E-state index is 11.7. The van der Waals surface area contributed by atoms with E-state index in [-0.39, 0.29) is 11.3 Å². The Morgan fingerprint density at radius 1 is 1.26 bits per heavy atom. The molecule has 1 rings (SSSR count). The summed E-state index contributed by atoms with van der Waals surface area (Å²) in [6.07, 6.45) is 0.951. The smallest absolute Gasteiger partial charge is 0.233 e. The Bertz CT molecular complexity index is 718. The van der Waals surface area contributed by atoms with Crippen molar-refractivity contribution < 1.29 is 16.8 Å². The van der Waals surface area contributed by atoms with Crippen LogP contribution in [0, 0.1) is 11.3 Å². The van der Waals surface area contributed by atoms with Crippen molar-refractivity contribution >= 4 is 31.2 Å². The maximum Gasteiger partial charge on any atom is 0.233 e. The van der Waals surface area contributed by atoms with Crippen LogP contribution in [-0.4, -0.2) is 34.6 Å². The van der Waals surface area contributed by atoms with Crippen molar-refractivity contribution in [3.8, 4) is 6.07 Å². The van der Waals surface area contributed by atoms with E-state index in [1.54, 1.807) is 6.07 Å². The molecule has 0 saturated heterocycles. The molecule has 0 heterocycles. The van der Waals surface area contributed by atoms with Crippen LogP contribution in [0.15, 0.2) is 18.2 Å². The third-order valence-corrected chi connectivity index (χ3v) is 4.63. The van der Waals surface area contributed by atoms with Gasteiger partial charge in [-0.2, -0.15) is 5.26 Å². The molecule has 0 aliphatic heterocycles. The zero-order valence-corrected chi connectivity index (χ0v) is 11.8. The summed E-state index contributed by atoms with van der Waals surface area (Å²) in [5, 5.41) is 8.86. The number of nitrogens with two attached hydrogens (primary N) is 1. The van der Waals surface area contributed by atoms with E-state index in [1.165, 1.54) is 18.2 Å². The van der Waals surface area contributed by atoms with Crippen molar-refractivity contribution in [3.63, 3.8) is 0 Å². The molecule has 0 aromatic heterocycles. The van der Waals surface area contributed by atoms with Crippen LogP contribution >= 0.6 is 0 Å². The second kappa shape index (κ2) is 5.46. The summed E-state index contributed by atoms with van der Waals surface area (Å²) < 4.78 is 47.4. The number of nitriles is 1. The highest BCUT2D eigenvalue weighted by Gasteiger charge is 2.16. The Kier molecular flexibility index (Phi) is 4.39. The molecular formula is C10H13N3O4S2. The van der Waals surface area contributed by atoms with E-state index in [9.17, 15) is 16.8 Å². The van der Waals surface area contributed by atoms with Gasteiger partial charge in [-0.15, -0.1) is 0 Å². The van der Waals surface area contributed by atoms with E-state index in [0.717, 1.165) is 6.26 Å². The number of sulfone groups is 1. The molecule has 0 aliphatic rings. The molecule has 0 bridgehead atoms. The minimum absolute atomic E-state index is 0.0722. The topological polar surface area (TPSA) is 130 Å². The van der Waals surface area contributed by atoms with Crippen LogP contribution < -0.4 is 10.5 Å². The Hall–Kier alpha value is -1.79. The number of benzene rings is 1. The summed E-state index contributed by atoms with van der Waals surface area (Å²) in [6.45, 7) is 0. The van der Waals surface area contributed by atoms with Gasteiger partial charge in [-0.25, -0.2) is 16.8 Å². The number of nitrogens with zero attached hydrogens (tertiary/aromatic N) is 1. The summed E-state index contributed by atoms with van der Waals surface area (Å²) in [6, 6.07) is 5.93. The third kappa shape index (κ3) is 5.15. The SMILES string of the molecule is CS(=O)(=O)CCS(=O)(=O)Nc1ccc(N)cc1C#N. The average molecular weight is 303 g/mol.